The Morgan fingerprint density at radius 2 is 1.94 bits per heavy atom. The highest BCUT2D eigenvalue weighted by molar-refractivity contribution is 6.30. The van der Waals surface area contributed by atoms with E-state index < -0.39 is 0 Å². The zero-order chi connectivity index (χ0) is 21.2. The molecular weight excluding hydrogens is 416 g/mol. The van der Waals surface area contributed by atoms with Gasteiger partial charge in [0, 0.05) is 23.7 Å². The number of carbonyl (C=O) groups excluding carboxylic acids is 1. The van der Waals surface area contributed by atoms with Gasteiger partial charge in [0.25, 0.3) is 5.89 Å². The van der Waals surface area contributed by atoms with Crippen molar-refractivity contribution in [2.75, 3.05) is 13.1 Å². The summed E-state index contributed by atoms with van der Waals surface area (Å²) in [6, 6.07) is 17.0. The van der Waals surface area contributed by atoms with Crippen LogP contribution in [-0.4, -0.2) is 49.0 Å². The van der Waals surface area contributed by atoms with Crippen LogP contribution in [0.2, 0.25) is 5.02 Å². The van der Waals surface area contributed by atoms with Crippen LogP contribution in [-0.2, 0) is 11.2 Å². The lowest BCUT2D eigenvalue weighted by atomic mass is 10.1. The highest BCUT2D eigenvalue weighted by Crippen LogP contribution is 2.25. The molecule has 0 aliphatic carbocycles. The van der Waals surface area contributed by atoms with Gasteiger partial charge in [0.15, 0.2) is 5.69 Å². The third-order valence-corrected chi connectivity index (χ3v) is 5.60. The minimum atomic E-state index is 0.0620. The van der Waals surface area contributed by atoms with Gasteiger partial charge in [-0.2, -0.15) is 4.98 Å². The van der Waals surface area contributed by atoms with Crippen LogP contribution in [0.25, 0.3) is 23.0 Å². The number of carbonyl (C=O) groups is 1. The molecule has 4 aromatic rings. The molecule has 0 bridgehead atoms. The van der Waals surface area contributed by atoms with E-state index in [2.05, 4.69) is 20.5 Å². The van der Waals surface area contributed by atoms with E-state index in [1.54, 1.807) is 23.0 Å². The second-order valence-electron chi connectivity index (χ2n) is 7.46. The molecule has 31 heavy (non-hydrogen) atoms. The van der Waals surface area contributed by atoms with Crippen LogP contribution in [0, 0.1) is 0 Å². The zero-order valence-corrected chi connectivity index (χ0v) is 17.3. The Labute approximate surface area is 183 Å². The molecule has 156 valence electrons. The van der Waals surface area contributed by atoms with Crippen molar-refractivity contribution in [2.24, 2.45) is 0 Å². The van der Waals surface area contributed by atoms with Gasteiger partial charge in [-0.1, -0.05) is 64.4 Å². The summed E-state index contributed by atoms with van der Waals surface area (Å²) in [6.07, 6.45) is 2.96. The number of aromatic nitrogens is 5. The SMILES string of the molecule is O=C(Cc1ccc(Cl)cc1)N1CC[C@H](n2cc(-c3nc(-c4ccccc4)no3)nn2)C1. The molecule has 1 fully saturated rings. The van der Waals surface area contributed by atoms with E-state index in [0.29, 0.717) is 41.9 Å². The monoisotopic (exact) mass is 434 g/mol. The summed E-state index contributed by atoms with van der Waals surface area (Å²) < 4.78 is 7.14. The summed E-state index contributed by atoms with van der Waals surface area (Å²) in [5.74, 6) is 0.915. The molecule has 8 nitrogen and oxygen atoms in total. The molecule has 3 heterocycles. The van der Waals surface area contributed by atoms with E-state index in [-0.39, 0.29) is 11.9 Å². The first-order chi connectivity index (χ1) is 15.2. The predicted octanol–water partition coefficient (Wildman–Crippen LogP) is 3.66. The number of hydrogen-bond donors (Lipinski definition) is 0. The Hall–Kier alpha value is -3.52. The largest absolute Gasteiger partial charge is 0.340 e. The van der Waals surface area contributed by atoms with Gasteiger partial charge in [-0.05, 0) is 24.1 Å². The number of hydrogen-bond acceptors (Lipinski definition) is 6. The first-order valence-electron chi connectivity index (χ1n) is 9.99. The van der Waals surface area contributed by atoms with Crippen LogP contribution in [0.4, 0.5) is 0 Å². The lowest BCUT2D eigenvalue weighted by Crippen LogP contribution is -2.30. The Kier molecular flexibility index (Phi) is 5.21. The second kappa shape index (κ2) is 8.31. The van der Waals surface area contributed by atoms with Crippen molar-refractivity contribution in [3.63, 3.8) is 0 Å². The molecule has 1 amide bonds. The predicted molar refractivity (Wildman–Crippen MR) is 114 cm³/mol. The summed E-state index contributed by atoms with van der Waals surface area (Å²) in [5.41, 5.74) is 2.34. The van der Waals surface area contributed by atoms with E-state index in [4.69, 9.17) is 16.1 Å². The van der Waals surface area contributed by atoms with Crippen LogP contribution >= 0.6 is 11.6 Å². The minimum absolute atomic E-state index is 0.0620. The van der Waals surface area contributed by atoms with Crippen LogP contribution in [0.3, 0.4) is 0 Å². The fourth-order valence-corrected chi connectivity index (χ4v) is 3.78. The molecule has 1 aliphatic heterocycles. The molecule has 0 spiro atoms. The van der Waals surface area contributed by atoms with Crippen molar-refractivity contribution in [2.45, 2.75) is 18.9 Å². The lowest BCUT2D eigenvalue weighted by Gasteiger charge is -2.16. The summed E-state index contributed by atoms with van der Waals surface area (Å²) in [7, 11) is 0. The fourth-order valence-electron chi connectivity index (χ4n) is 3.66. The standard InChI is InChI=1S/C22H19ClN6O2/c23-17-8-6-15(7-9-17)12-20(30)28-11-10-18(13-28)29-14-19(25-27-29)22-24-21(26-31-22)16-4-2-1-3-5-16/h1-9,14,18H,10-13H2/t18-/m0/s1. The molecule has 0 N–H and O–H groups in total. The topological polar surface area (TPSA) is 89.9 Å². The van der Waals surface area contributed by atoms with Crippen LogP contribution in [0.5, 0.6) is 0 Å². The minimum Gasteiger partial charge on any atom is -0.340 e. The third kappa shape index (κ3) is 4.20. The smallest absolute Gasteiger partial charge is 0.280 e. The normalized spacial score (nSPS) is 16.0. The maximum Gasteiger partial charge on any atom is 0.280 e. The molecule has 9 heteroatoms. The molecule has 0 radical (unpaired) electrons. The Morgan fingerprint density at radius 3 is 2.74 bits per heavy atom. The van der Waals surface area contributed by atoms with Gasteiger partial charge in [0.1, 0.15) is 0 Å². The van der Waals surface area contributed by atoms with Gasteiger partial charge >= 0.3 is 0 Å². The van der Waals surface area contributed by atoms with Crippen molar-refractivity contribution in [1.29, 1.82) is 0 Å². The van der Waals surface area contributed by atoms with Gasteiger partial charge in [0.05, 0.1) is 18.7 Å². The molecule has 2 aromatic heterocycles. The summed E-state index contributed by atoms with van der Waals surface area (Å²) in [5, 5.41) is 13.1. The molecule has 0 unspecified atom stereocenters. The Bertz CT molecular complexity index is 1190. The average Bonchev–Trinajstić information content (AvgIpc) is 3.55. The van der Waals surface area contributed by atoms with Gasteiger partial charge < -0.3 is 9.42 Å². The first-order valence-corrected chi connectivity index (χ1v) is 10.4. The molecule has 1 saturated heterocycles. The molecule has 0 saturated carbocycles. The number of nitrogens with zero attached hydrogens (tertiary/aromatic N) is 6. The zero-order valence-electron chi connectivity index (χ0n) is 16.6. The second-order valence-corrected chi connectivity index (χ2v) is 7.89. The summed E-state index contributed by atoms with van der Waals surface area (Å²) in [4.78, 5) is 18.9. The van der Waals surface area contributed by atoms with Crippen molar-refractivity contribution in [3.8, 4) is 23.0 Å². The van der Waals surface area contributed by atoms with Crippen LogP contribution < -0.4 is 0 Å². The quantitative estimate of drug-likeness (QED) is 0.476. The van der Waals surface area contributed by atoms with Crippen molar-refractivity contribution < 1.29 is 9.32 Å². The highest BCUT2D eigenvalue weighted by atomic mass is 35.5. The van der Waals surface area contributed by atoms with Crippen molar-refractivity contribution in [3.05, 3.63) is 71.4 Å². The third-order valence-electron chi connectivity index (χ3n) is 5.35. The van der Waals surface area contributed by atoms with E-state index in [1.807, 2.05) is 47.4 Å². The van der Waals surface area contributed by atoms with E-state index >= 15 is 0 Å². The Morgan fingerprint density at radius 1 is 1.13 bits per heavy atom. The molecule has 2 aromatic carbocycles. The number of rotatable bonds is 5. The highest BCUT2D eigenvalue weighted by Gasteiger charge is 2.28. The summed E-state index contributed by atoms with van der Waals surface area (Å²) >= 11 is 5.91. The maximum atomic E-state index is 12.7. The number of amides is 1. The van der Waals surface area contributed by atoms with Crippen LogP contribution in [0.1, 0.15) is 18.0 Å². The lowest BCUT2D eigenvalue weighted by molar-refractivity contribution is -0.129. The van der Waals surface area contributed by atoms with E-state index in [9.17, 15) is 4.79 Å². The average molecular weight is 435 g/mol. The van der Waals surface area contributed by atoms with Gasteiger partial charge in [-0.3, -0.25) is 4.79 Å². The van der Waals surface area contributed by atoms with Crippen molar-refractivity contribution >= 4 is 17.5 Å². The Balaban J connectivity index is 1.24. The maximum absolute atomic E-state index is 12.7. The summed E-state index contributed by atoms with van der Waals surface area (Å²) in [6.45, 7) is 1.28. The molecule has 5 rings (SSSR count). The van der Waals surface area contributed by atoms with E-state index in [1.165, 1.54) is 0 Å². The van der Waals surface area contributed by atoms with Gasteiger partial charge in [-0.15, -0.1) is 5.10 Å². The van der Waals surface area contributed by atoms with E-state index in [0.717, 1.165) is 17.5 Å². The number of halogens is 1. The number of likely N-dealkylation sites (tertiary alicyclic amines) is 1. The van der Waals surface area contributed by atoms with Gasteiger partial charge in [-0.25, -0.2) is 4.68 Å². The van der Waals surface area contributed by atoms with Gasteiger partial charge in [0.2, 0.25) is 11.7 Å². The molecule has 1 aliphatic rings. The first kappa shape index (κ1) is 19.4. The fraction of sp³-hybridized carbons (Fsp3) is 0.227. The van der Waals surface area contributed by atoms with Crippen molar-refractivity contribution in [1.82, 2.24) is 30.0 Å². The number of benzene rings is 2. The molecule has 1 atom stereocenters. The molecular formula is C22H19ClN6O2. The van der Waals surface area contributed by atoms with Crippen LogP contribution in [0.15, 0.2) is 65.3 Å².